The van der Waals surface area contributed by atoms with Crippen molar-refractivity contribution in [2.75, 3.05) is 25.3 Å². The van der Waals surface area contributed by atoms with E-state index in [1.807, 2.05) is 25.1 Å². The largest absolute Gasteiger partial charge is 0.493 e. The first-order valence-corrected chi connectivity index (χ1v) is 6.21. The van der Waals surface area contributed by atoms with Gasteiger partial charge in [-0.1, -0.05) is 6.07 Å². The van der Waals surface area contributed by atoms with Crippen LogP contribution in [0.3, 0.4) is 0 Å². The zero-order chi connectivity index (χ0) is 14.5. The van der Waals surface area contributed by atoms with Gasteiger partial charge in [-0.05, 0) is 30.7 Å². The average Bonchev–Trinajstić information content (AvgIpc) is 2.46. The van der Waals surface area contributed by atoms with Crippen molar-refractivity contribution < 1.29 is 9.47 Å². The summed E-state index contributed by atoms with van der Waals surface area (Å²) in [4.78, 5) is 8.24. The molecule has 1 heterocycles. The van der Waals surface area contributed by atoms with Crippen molar-refractivity contribution in [2.24, 2.45) is 0 Å². The molecule has 0 saturated carbocycles. The zero-order valence-electron chi connectivity index (χ0n) is 11.8. The van der Waals surface area contributed by atoms with Crippen LogP contribution < -0.4 is 20.5 Å². The van der Waals surface area contributed by atoms with Gasteiger partial charge in [0.15, 0.2) is 11.5 Å². The number of methoxy groups -OCH3 is 2. The minimum absolute atomic E-state index is 0.0107. The molecule has 0 aliphatic rings. The van der Waals surface area contributed by atoms with E-state index in [9.17, 15) is 0 Å². The second-order valence-electron chi connectivity index (χ2n) is 4.29. The summed E-state index contributed by atoms with van der Waals surface area (Å²) in [6.45, 7) is 2.01. The number of nitrogen functional groups attached to an aromatic ring is 1. The number of nitrogens with one attached hydrogen (secondary N) is 1. The van der Waals surface area contributed by atoms with E-state index >= 15 is 0 Å². The summed E-state index contributed by atoms with van der Waals surface area (Å²) >= 11 is 0. The van der Waals surface area contributed by atoms with Gasteiger partial charge in [0, 0.05) is 6.20 Å². The van der Waals surface area contributed by atoms with Crippen molar-refractivity contribution in [2.45, 2.75) is 13.0 Å². The standard InChI is InChI=1S/C14H18N4O2/c1-9(17-14-16-7-6-13(15)18-14)10-4-5-11(19-2)12(8-10)20-3/h4-9H,1-3H3,(H3,15,16,17,18). The van der Waals surface area contributed by atoms with E-state index in [1.165, 1.54) is 0 Å². The van der Waals surface area contributed by atoms with Crippen LogP contribution in [0, 0.1) is 0 Å². The van der Waals surface area contributed by atoms with Crippen molar-refractivity contribution in [3.05, 3.63) is 36.0 Å². The number of anilines is 2. The molecule has 1 unspecified atom stereocenters. The lowest BCUT2D eigenvalue weighted by molar-refractivity contribution is 0.354. The first-order valence-electron chi connectivity index (χ1n) is 6.21. The lowest BCUT2D eigenvalue weighted by Gasteiger charge is -2.16. The molecule has 0 aliphatic carbocycles. The molecule has 106 valence electrons. The number of ether oxygens (including phenoxy) is 2. The molecule has 2 aromatic rings. The van der Waals surface area contributed by atoms with E-state index in [-0.39, 0.29) is 6.04 Å². The predicted molar refractivity (Wildman–Crippen MR) is 78.0 cm³/mol. The number of aromatic nitrogens is 2. The lowest BCUT2D eigenvalue weighted by Crippen LogP contribution is -2.10. The minimum atomic E-state index is 0.0107. The van der Waals surface area contributed by atoms with Crippen molar-refractivity contribution in [1.29, 1.82) is 0 Å². The summed E-state index contributed by atoms with van der Waals surface area (Å²) in [5.74, 6) is 2.31. The molecular weight excluding hydrogens is 256 g/mol. The highest BCUT2D eigenvalue weighted by Gasteiger charge is 2.11. The van der Waals surface area contributed by atoms with Crippen LogP contribution >= 0.6 is 0 Å². The number of hydrogen-bond donors (Lipinski definition) is 2. The SMILES string of the molecule is COc1ccc(C(C)Nc2nccc(N)n2)cc1OC. The van der Waals surface area contributed by atoms with Crippen molar-refractivity contribution in [3.63, 3.8) is 0 Å². The fourth-order valence-electron chi connectivity index (χ4n) is 1.84. The molecule has 0 fully saturated rings. The van der Waals surface area contributed by atoms with E-state index in [0.29, 0.717) is 23.3 Å². The van der Waals surface area contributed by atoms with E-state index in [1.54, 1.807) is 26.5 Å². The predicted octanol–water partition coefficient (Wildman–Crippen LogP) is 2.25. The molecule has 6 nitrogen and oxygen atoms in total. The van der Waals surface area contributed by atoms with Gasteiger partial charge >= 0.3 is 0 Å². The highest BCUT2D eigenvalue weighted by atomic mass is 16.5. The molecule has 3 N–H and O–H groups in total. The van der Waals surface area contributed by atoms with Gasteiger partial charge in [-0.15, -0.1) is 0 Å². The molecular formula is C14H18N4O2. The monoisotopic (exact) mass is 274 g/mol. The van der Waals surface area contributed by atoms with Crippen LogP contribution in [-0.4, -0.2) is 24.2 Å². The Morgan fingerprint density at radius 2 is 1.90 bits per heavy atom. The van der Waals surface area contributed by atoms with Gasteiger partial charge in [-0.2, -0.15) is 4.98 Å². The van der Waals surface area contributed by atoms with Gasteiger partial charge in [-0.25, -0.2) is 4.98 Å². The van der Waals surface area contributed by atoms with Crippen LogP contribution in [0.4, 0.5) is 11.8 Å². The third-order valence-electron chi connectivity index (χ3n) is 2.93. The number of hydrogen-bond acceptors (Lipinski definition) is 6. The maximum absolute atomic E-state index is 5.63. The van der Waals surface area contributed by atoms with Gasteiger partial charge in [0.25, 0.3) is 0 Å². The quantitative estimate of drug-likeness (QED) is 0.870. The third-order valence-corrected chi connectivity index (χ3v) is 2.93. The molecule has 1 aromatic heterocycles. The number of benzene rings is 1. The number of nitrogens with zero attached hydrogens (tertiary/aromatic N) is 2. The van der Waals surface area contributed by atoms with Crippen LogP contribution in [0.5, 0.6) is 11.5 Å². The average molecular weight is 274 g/mol. The van der Waals surface area contributed by atoms with Gasteiger partial charge in [0.2, 0.25) is 5.95 Å². The number of nitrogens with two attached hydrogens (primary N) is 1. The molecule has 0 saturated heterocycles. The Bertz CT molecular complexity index is 589. The first kappa shape index (κ1) is 13.9. The van der Waals surface area contributed by atoms with Crippen LogP contribution in [-0.2, 0) is 0 Å². The van der Waals surface area contributed by atoms with Crippen LogP contribution in [0.1, 0.15) is 18.5 Å². The van der Waals surface area contributed by atoms with E-state index in [2.05, 4.69) is 15.3 Å². The minimum Gasteiger partial charge on any atom is -0.493 e. The summed E-state index contributed by atoms with van der Waals surface area (Å²) in [7, 11) is 3.22. The van der Waals surface area contributed by atoms with Crippen LogP contribution in [0.25, 0.3) is 0 Å². The summed E-state index contributed by atoms with van der Waals surface area (Å²) < 4.78 is 10.5. The maximum Gasteiger partial charge on any atom is 0.225 e. The van der Waals surface area contributed by atoms with E-state index in [4.69, 9.17) is 15.2 Å². The maximum atomic E-state index is 5.63. The Morgan fingerprint density at radius 1 is 1.15 bits per heavy atom. The normalized spacial score (nSPS) is 11.8. The Balaban J connectivity index is 2.18. The molecule has 20 heavy (non-hydrogen) atoms. The van der Waals surface area contributed by atoms with Gasteiger partial charge < -0.3 is 20.5 Å². The second kappa shape index (κ2) is 6.10. The molecule has 0 aliphatic heterocycles. The number of rotatable bonds is 5. The van der Waals surface area contributed by atoms with Crippen molar-refractivity contribution >= 4 is 11.8 Å². The third kappa shape index (κ3) is 3.09. The highest BCUT2D eigenvalue weighted by Crippen LogP contribution is 2.30. The molecule has 2 rings (SSSR count). The van der Waals surface area contributed by atoms with Gasteiger partial charge in [0.05, 0.1) is 20.3 Å². The molecule has 0 bridgehead atoms. The van der Waals surface area contributed by atoms with E-state index < -0.39 is 0 Å². The van der Waals surface area contributed by atoms with Crippen molar-refractivity contribution in [3.8, 4) is 11.5 Å². The Labute approximate surface area is 118 Å². The molecule has 0 radical (unpaired) electrons. The Hall–Kier alpha value is -2.50. The fraction of sp³-hybridized carbons (Fsp3) is 0.286. The molecule has 6 heteroatoms. The van der Waals surface area contributed by atoms with E-state index in [0.717, 1.165) is 5.56 Å². The smallest absolute Gasteiger partial charge is 0.225 e. The van der Waals surface area contributed by atoms with Crippen LogP contribution in [0.2, 0.25) is 0 Å². The van der Waals surface area contributed by atoms with Gasteiger partial charge in [-0.3, -0.25) is 0 Å². The first-order chi connectivity index (χ1) is 9.63. The molecule has 0 spiro atoms. The Morgan fingerprint density at radius 3 is 2.55 bits per heavy atom. The summed E-state index contributed by atoms with van der Waals surface area (Å²) in [5.41, 5.74) is 6.66. The Kier molecular flexibility index (Phi) is 4.24. The van der Waals surface area contributed by atoms with Gasteiger partial charge in [0.1, 0.15) is 5.82 Å². The highest BCUT2D eigenvalue weighted by molar-refractivity contribution is 5.45. The van der Waals surface area contributed by atoms with Crippen LogP contribution in [0.15, 0.2) is 30.5 Å². The lowest BCUT2D eigenvalue weighted by atomic mass is 10.1. The topological polar surface area (TPSA) is 82.3 Å². The summed E-state index contributed by atoms with van der Waals surface area (Å²) in [6, 6.07) is 7.41. The molecule has 1 aromatic carbocycles. The zero-order valence-corrected chi connectivity index (χ0v) is 11.8. The summed E-state index contributed by atoms with van der Waals surface area (Å²) in [5, 5.41) is 3.19. The fourth-order valence-corrected chi connectivity index (χ4v) is 1.84. The second-order valence-corrected chi connectivity index (χ2v) is 4.29. The van der Waals surface area contributed by atoms with Crippen molar-refractivity contribution in [1.82, 2.24) is 9.97 Å². The molecule has 0 amide bonds. The summed E-state index contributed by atoms with van der Waals surface area (Å²) in [6.07, 6.45) is 1.62. The molecule has 1 atom stereocenters.